The van der Waals surface area contributed by atoms with E-state index in [1.54, 1.807) is 0 Å². The SMILES string of the molecule is Cc1cc(CCC(C)(C)CNC(C)(C)C)c(C)cc1Cl. The second kappa shape index (κ2) is 6.49. The lowest BCUT2D eigenvalue weighted by Gasteiger charge is -2.30. The molecule has 1 rings (SSSR count). The summed E-state index contributed by atoms with van der Waals surface area (Å²) in [6.45, 7) is 16.6. The quantitative estimate of drug-likeness (QED) is 0.777. The summed E-state index contributed by atoms with van der Waals surface area (Å²) in [5, 5.41) is 4.49. The summed E-state index contributed by atoms with van der Waals surface area (Å²) in [6, 6.07) is 4.33. The third-order valence-corrected chi connectivity index (χ3v) is 4.19. The van der Waals surface area contributed by atoms with E-state index < -0.39 is 0 Å². The van der Waals surface area contributed by atoms with Gasteiger partial charge in [0.05, 0.1) is 0 Å². The Labute approximate surface area is 130 Å². The highest BCUT2D eigenvalue weighted by Gasteiger charge is 2.21. The van der Waals surface area contributed by atoms with Crippen molar-refractivity contribution in [1.29, 1.82) is 0 Å². The number of benzene rings is 1. The van der Waals surface area contributed by atoms with Gasteiger partial charge in [-0.3, -0.25) is 0 Å². The van der Waals surface area contributed by atoms with Gasteiger partial charge in [0.15, 0.2) is 0 Å². The number of rotatable bonds is 5. The van der Waals surface area contributed by atoms with Gasteiger partial charge in [-0.25, -0.2) is 0 Å². The van der Waals surface area contributed by atoms with Crippen LogP contribution in [0.15, 0.2) is 12.1 Å². The Morgan fingerprint density at radius 2 is 1.60 bits per heavy atom. The first kappa shape index (κ1) is 17.5. The Bertz CT molecular complexity index is 455. The molecule has 0 unspecified atom stereocenters. The van der Waals surface area contributed by atoms with Gasteiger partial charge < -0.3 is 5.32 Å². The van der Waals surface area contributed by atoms with Crippen LogP contribution in [0.3, 0.4) is 0 Å². The van der Waals surface area contributed by atoms with Crippen molar-refractivity contribution in [2.45, 2.75) is 66.8 Å². The smallest absolute Gasteiger partial charge is 0.0438 e. The maximum Gasteiger partial charge on any atom is 0.0438 e. The standard InChI is InChI=1S/C18H30ClN/c1-13-11-16(19)14(2)10-15(13)8-9-18(6,7)12-20-17(3,4)5/h10-11,20H,8-9,12H2,1-7H3. The van der Waals surface area contributed by atoms with E-state index in [4.69, 9.17) is 11.6 Å². The van der Waals surface area contributed by atoms with Crippen molar-refractivity contribution < 1.29 is 0 Å². The zero-order valence-electron chi connectivity index (χ0n) is 14.2. The average Bonchev–Trinajstić information content (AvgIpc) is 2.29. The van der Waals surface area contributed by atoms with Crippen molar-refractivity contribution in [2.75, 3.05) is 6.54 Å². The third-order valence-electron chi connectivity index (χ3n) is 3.79. The maximum atomic E-state index is 6.17. The molecule has 0 aliphatic carbocycles. The van der Waals surface area contributed by atoms with Gasteiger partial charge in [-0.05, 0) is 75.6 Å². The second-order valence-electron chi connectivity index (χ2n) is 7.80. The third kappa shape index (κ3) is 5.85. The average molecular weight is 296 g/mol. The number of nitrogens with one attached hydrogen (secondary N) is 1. The molecule has 0 aliphatic rings. The molecule has 114 valence electrons. The molecule has 0 atom stereocenters. The van der Waals surface area contributed by atoms with Crippen molar-refractivity contribution in [3.8, 4) is 0 Å². The fourth-order valence-corrected chi connectivity index (χ4v) is 2.39. The zero-order valence-corrected chi connectivity index (χ0v) is 14.9. The van der Waals surface area contributed by atoms with E-state index in [1.807, 2.05) is 0 Å². The molecule has 0 amide bonds. The Morgan fingerprint density at radius 1 is 1.00 bits per heavy atom. The van der Waals surface area contributed by atoms with Gasteiger partial charge >= 0.3 is 0 Å². The van der Waals surface area contributed by atoms with Crippen LogP contribution in [0.25, 0.3) is 0 Å². The van der Waals surface area contributed by atoms with Gasteiger partial charge in [-0.1, -0.05) is 31.5 Å². The Kier molecular flexibility index (Phi) is 5.69. The van der Waals surface area contributed by atoms with Crippen LogP contribution in [0.5, 0.6) is 0 Å². The molecule has 0 fully saturated rings. The molecular weight excluding hydrogens is 266 g/mol. The molecule has 0 aliphatic heterocycles. The minimum atomic E-state index is 0.185. The summed E-state index contributed by atoms with van der Waals surface area (Å²) in [7, 11) is 0. The summed E-state index contributed by atoms with van der Waals surface area (Å²) in [4.78, 5) is 0. The molecule has 0 aromatic heterocycles. The highest BCUT2D eigenvalue weighted by Crippen LogP contribution is 2.26. The Balaban J connectivity index is 2.64. The molecule has 0 saturated carbocycles. The lowest BCUT2D eigenvalue weighted by Crippen LogP contribution is -2.42. The normalized spacial score (nSPS) is 12.8. The molecular formula is C18H30ClN. The summed E-state index contributed by atoms with van der Waals surface area (Å²) >= 11 is 6.17. The van der Waals surface area contributed by atoms with Crippen molar-refractivity contribution >= 4 is 11.6 Å². The van der Waals surface area contributed by atoms with E-state index in [0.29, 0.717) is 5.41 Å². The fraction of sp³-hybridized carbons (Fsp3) is 0.667. The summed E-state index contributed by atoms with van der Waals surface area (Å²) < 4.78 is 0. The van der Waals surface area contributed by atoms with Crippen LogP contribution in [0.2, 0.25) is 5.02 Å². The van der Waals surface area contributed by atoms with Gasteiger partial charge in [0.2, 0.25) is 0 Å². The molecule has 1 aromatic carbocycles. The van der Waals surface area contributed by atoms with E-state index in [9.17, 15) is 0 Å². The van der Waals surface area contributed by atoms with Gasteiger partial charge in [0.1, 0.15) is 0 Å². The molecule has 2 heteroatoms. The van der Waals surface area contributed by atoms with Gasteiger partial charge in [-0.15, -0.1) is 0 Å². The maximum absolute atomic E-state index is 6.17. The van der Waals surface area contributed by atoms with E-state index in [0.717, 1.165) is 18.0 Å². The van der Waals surface area contributed by atoms with E-state index in [1.165, 1.54) is 23.1 Å². The molecule has 1 nitrogen and oxygen atoms in total. The number of hydrogen-bond acceptors (Lipinski definition) is 1. The molecule has 20 heavy (non-hydrogen) atoms. The summed E-state index contributed by atoms with van der Waals surface area (Å²) in [6.07, 6.45) is 2.29. The molecule has 0 spiro atoms. The van der Waals surface area contributed by atoms with Gasteiger partial charge in [-0.2, -0.15) is 0 Å². The first-order valence-corrected chi connectivity index (χ1v) is 7.89. The number of hydrogen-bond donors (Lipinski definition) is 1. The molecule has 0 saturated heterocycles. The highest BCUT2D eigenvalue weighted by atomic mass is 35.5. The van der Waals surface area contributed by atoms with Crippen molar-refractivity contribution in [2.24, 2.45) is 5.41 Å². The topological polar surface area (TPSA) is 12.0 Å². The molecule has 1 N–H and O–H groups in total. The monoisotopic (exact) mass is 295 g/mol. The zero-order chi connectivity index (χ0) is 15.6. The van der Waals surface area contributed by atoms with Crippen LogP contribution in [-0.4, -0.2) is 12.1 Å². The van der Waals surface area contributed by atoms with Crippen LogP contribution in [0.1, 0.15) is 57.7 Å². The van der Waals surface area contributed by atoms with Crippen LogP contribution >= 0.6 is 11.6 Å². The van der Waals surface area contributed by atoms with E-state index in [-0.39, 0.29) is 5.54 Å². The lowest BCUT2D eigenvalue weighted by atomic mass is 9.84. The predicted molar refractivity (Wildman–Crippen MR) is 90.8 cm³/mol. The van der Waals surface area contributed by atoms with Crippen LogP contribution in [0, 0.1) is 19.3 Å². The summed E-state index contributed by atoms with van der Waals surface area (Å²) in [5.41, 5.74) is 4.39. The van der Waals surface area contributed by atoms with Crippen LogP contribution < -0.4 is 5.32 Å². The van der Waals surface area contributed by atoms with Gasteiger partial charge in [0.25, 0.3) is 0 Å². The first-order valence-electron chi connectivity index (χ1n) is 7.51. The minimum Gasteiger partial charge on any atom is -0.312 e. The van der Waals surface area contributed by atoms with Crippen molar-refractivity contribution in [3.05, 3.63) is 33.8 Å². The molecule has 0 heterocycles. The molecule has 0 radical (unpaired) electrons. The number of halogens is 1. The van der Waals surface area contributed by atoms with Crippen molar-refractivity contribution in [1.82, 2.24) is 5.32 Å². The first-order chi connectivity index (χ1) is 9.00. The van der Waals surface area contributed by atoms with Gasteiger partial charge in [0, 0.05) is 17.1 Å². The fourth-order valence-electron chi connectivity index (χ4n) is 2.18. The Morgan fingerprint density at radius 3 is 2.15 bits per heavy atom. The Hall–Kier alpha value is -0.530. The number of aryl methyl sites for hydroxylation is 3. The van der Waals surface area contributed by atoms with Crippen molar-refractivity contribution in [3.63, 3.8) is 0 Å². The van der Waals surface area contributed by atoms with E-state index in [2.05, 4.69) is 65.9 Å². The second-order valence-corrected chi connectivity index (χ2v) is 8.20. The largest absolute Gasteiger partial charge is 0.312 e. The van der Waals surface area contributed by atoms with E-state index >= 15 is 0 Å². The predicted octanol–water partition coefficient (Wildman–Crippen LogP) is 5.30. The van der Waals surface area contributed by atoms with Crippen LogP contribution in [-0.2, 0) is 6.42 Å². The summed E-state index contributed by atoms with van der Waals surface area (Å²) in [5.74, 6) is 0. The van der Waals surface area contributed by atoms with Crippen LogP contribution in [0.4, 0.5) is 0 Å². The molecule has 1 aromatic rings. The molecule has 0 bridgehead atoms. The highest BCUT2D eigenvalue weighted by molar-refractivity contribution is 6.31. The lowest BCUT2D eigenvalue weighted by molar-refractivity contribution is 0.273. The minimum absolute atomic E-state index is 0.185.